The zero-order valence-corrected chi connectivity index (χ0v) is 21.0. The van der Waals surface area contributed by atoms with Crippen LogP contribution in [0, 0.1) is 6.92 Å². The lowest BCUT2D eigenvalue weighted by Crippen LogP contribution is -2.55. The van der Waals surface area contributed by atoms with Gasteiger partial charge in [0.1, 0.15) is 0 Å². The highest BCUT2D eigenvalue weighted by Crippen LogP contribution is 2.40. The summed E-state index contributed by atoms with van der Waals surface area (Å²) in [4.78, 5) is 31.4. The first kappa shape index (κ1) is 22.6. The van der Waals surface area contributed by atoms with E-state index < -0.39 is 0 Å². The van der Waals surface area contributed by atoms with Gasteiger partial charge in [0.15, 0.2) is 0 Å². The molecule has 0 saturated carbocycles. The van der Waals surface area contributed by atoms with Gasteiger partial charge in [0.05, 0.1) is 11.1 Å². The Morgan fingerprint density at radius 1 is 1.09 bits per heavy atom. The number of aromatic nitrogens is 1. The van der Waals surface area contributed by atoms with E-state index in [9.17, 15) is 9.59 Å². The van der Waals surface area contributed by atoms with Crippen LogP contribution in [0.1, 0.15) is 41.0 Å². The molecule has 2 aliphatic heterocycles. The van der Waals surface area contributed by atoms with Gasteiger partial charge in [-0.25, -0.2) is 0 Å². The first-order chi connectivity index (χ1) is 16.3. The van der Waals surface area contributed by atoms with E-state index >= 15 is 0 Å². The highest BCUT2D eigenvalue weighted by atomic mass is 79.9. The van der Waals surface area contributed by atoms with Gasteiger partial charge in [-0.05, 0) is 61.7 Å². The third-order valence-corrected chi connectivity index (χ3v) is 7.05. The molecule has 7 heteroatoms. The topological polar surface area (TPSA) is 77.2 Å². The second-order valence-electron chi connectivity index (χ2n) is 9.17. The zero-order chi connectivity index (χ0) is 24.0. The van der Waals surface area contributed by atoms with Gasteiger partial charge in [-0.15, -0.1) is 0 Å². The summed E-state index contributed by atoms with van der Waals surface area (Å²) in [6.07, 6.45) is 3.62. The number of amides is 2. The van der Waals surface area contributed by atoms with E-state index in [1.807, 2.05) is 60.4 Å². The highest BCUT2D eigenvalue weighted by Gasteiger charge is 2.30. The molecular weight excluding hydrogens is 492 g/mol. The molecule has 0 spiro atoms. The van der Waals surface area contributed by atoms with Crippen molar-refractivity contribution in [3.05, 3.63) is 75.5 Å². The number of nitrogens with one attached hydrogen (secondary N) is 3. The van der Waals surface area contributed by atoms with Gasteiger partial charge in [-0.1, -0.05) is 40.2 Å². The van der Waals surface area contributed by atoms with Gasteiger partial charge in [-0.2, -0.15) is 0 Å². The maximum atomic E-state index is 13.3. The number of hydrogen-bond acceptors (Lipinski definition) is 3. The van der Waals surface area contributed by atoms with E-state index in [4.69, 9.17) is 0 Å². The minimum atomic E-state index is -0.147. The predicted octanol–water partition coefficient (Wildman–Crippen LogP) is 5.07. The number of anilines is 1. The molecule has 2 amide bonds. The summed E-state index contributed by atoms with van der Waals surface area (Å²) in [6.45, 7) is 7.47. The van der Waals surface area contributed by atoms with E-state index in [0.717, 1.165) is 38.1 Å². The Hall–Kier alpha value is -3.16. The molecule has 1 fully saturated rings. The molecule has 2 aromatic carbocycles. The van der Waals surface area contributed by atoms with Crippen molar-refractivity contribution in [2.75, 3.05) is 18.4 Å². The molecule has 34 heavy (non-hydrogen) atoms. The van der Waals surface area contributed by atoms with Crippen LogP contribution in [0.15, 0.2) is 53.1 Å². The van der Waals surface area contributed by atoms with E-state index in [0.29, 0.717) is 24.2 Å². The number of fused-ring (bicyclic) bond motifs is 1. The lowest BCUT2D eigenvalue weighted by molar-refractivity contribution is -0.110. The van der Waals surface area contributed by atoms with Crippen LogP contribution < -0.4 is 10.6 Å². The summed E-state index contributed by atoms with van der Waals surface area (Å²) < 4.78 is 1.00. The van der Waals surface area contributed by atoms with Crippen LogP contribution in [0.4, 0.5) is 5.69 Å². The lowest BCUT2D eigenvalue weighted by Gasteiger charge is -2.36. The van der Waals surface area contributed by atoms with E-state index in [-0.39, 0.29) is 23.9 Å². The average Bonchev–Trinajstić information content (AvgIpc) is 3.32. The third kappa shape index (κ3) is 4.10. The van der Waals surface area contributed by atoms with Crippen LogP contribution in [0.2, 0.25) is 0 Å². The first-order valence-corrected chi connectivity index (χ1v) is 12.3. The summed E-state index contributed by atoms with van der Waals surface area (Å²) in [5.74, 6) is -0.128. The van der Waals surface area contributed by atoms with Crippen LogP contribution in [-0.2, 0) is 4.79 Å². The first-order valence-electron chi connectivity index (χ1n) is 11.5. The van der Waals surface area contributed by atoms with Crippen molar-refractivity contribution >= 4 is 45.1 Å². The average molecular weight is 519 g/mol. The molecule has 0 bridgehead atoms. The van der Waals surface area contributed by atoms with Crippen molar-refractivity contribution in [3.63, 3.8) is 0 Å². The number of rotatable bonds is 3. The predicted molar refractivity (Wildman–Crippen MR) is 140 cm³/mol. The summed E-state index contributed by atoms with van der Waals surface area (Å²) >= 11 is 3.49. The quantitative estimate of drug-likeness (QED) is 0.423. The normalized spacial score (nSPS) is 21.0. The number of piperazine rings is 1. The fraction of sp³-hybridized carbons (Fsp3) is 0.259. The lowest BCUT2D eigenvalue weighted by atomic mass is 9.94. The number of H-pyrrole nitrogens is 1. The number of benzene rings is 2. The van der Waals surface area contributed by atoms with Crippen LogP contribution in [-0.4, -0.2) is 46.9 Å². The van der Waals surface area contributed by atoms with Crippen molar-refractivity contribution < 1.29 is 9.59 Å². The maximum Gasteiger partial charge on any atom is 0.256 e. The molecule has 6 nitrogen and oxygen atoms in total. The Balaban J connectivity index is 1.52. The molecule has 3 heterocycles. The van der Waals surface area contributed by atoms with Crippen LogP contribution in [0.25, 0.3) is 22.8 Å². The van der Waals surface area contributed by atoms with Crippen LogP contribution >= 0.6 is 15.9 Å². The zero-order valence-electron chi connectivity index (χ0n) is 19.4. The summed E-state index contributed by atoms with van der Waals surface area (Å²) in [6, 6.07) is 14.5. The molecule has 2 atom stereocenters. The van der Waals surface area contributed by atoms with Gasteiger partial charge in [-0.3, -0.25) is 9.59 Å². The summed E-state index contributed by atoms with van der Waals surface area (Å²) in [5.41, 5.74) is 6.53. The number of aromatic amines is 1. The van der Waals surface area contributed by atoms with Gasteiger partial charge < -0.3 is 20.5 Å². The molecule has 5 rings (SSSR count). The molecule has 2 aliphatic rings. The Labute approximate surface area is 207 Å². The Bertz CT molecular complexity index is 1300. The number of nitrogens with zero attached hydrogens (tertiary/aromatic N) is 1. The smallest absolute Gasteiger partial charge is 0.256 e. The summed E-state index contributed by atoms with van der Waals surface area (Å²) in [5, 5.41) is 6.45. The maximum absolute atomic E-state index is 13.3. The van der Waals surface area contributed by atoms with Crippen molar-refractivity contribution in [1.82, 2.24) is 15.2 Å². The standard InChI is InChI=1S/C27H27BrN4O2/c1-15-13-32(14-16(2)30-15)27(34)22-12-29-24(17(22)3)11-21-25-20(18-7-9-19(28)10-8-18)5-4-6-23(25)31-26(21)33/h4-12,15-16,29-30H,13-14H2,1-3H3,(H,31,33)/t15-,16+. The Kier molecular flexibility index (Phi) is 5.91. The molecule has 3 N–H and O–H groups in total. The summed E-state index contributed by atoms with van der Waals surface area (Å²) in [7, 11) is 0. The minimum Gasteiger partial charge on any atom is -0.361 e. The molecule has 0 radical (unpaired) electrons. The largest absolute Gasteiger partial charge is 0.361 e. The molecule has 3 aromatic rings. The second kappa shape index (κ2) is 8.89. The van der Waals surface area contributed by atoms with Crippen molar-refractivity contribution in [2.45, 2.75) is 32.9 Å². The van der Waals surface area contributed by atoms with Crippen LogP contribution in [0.3, 0.4) is 0 Å². The molecular formula is C27H27BrN4O2. The van der Waals surface area contributed by atoms with E-state index in [1.165, 1.54) is 0 Å². The number of carbonyl (C=O) groups is 2. The van der Waals surface area contributed by atoms with Gasteiger partial charge in [0.25, 0.3) is 11.8 Å². The fourth-order valence-electron chi connectivity index (χ4n) is 4.95. The van der Waals surface area contributed by atoms with Crippen molar-refractivity contribution in [2.24, 2.45) is 0 Å². The van der Waals surface area contributed by atoms with Gasteiger partial charge in [0.2, 0.25) is 0 Å². The molecule has 0 unspecified atom stereocenters. The number of hydrogen-bond donors (Lipinski definition) is 3. The van der Waals surface area contributed by atoms with Crippen molar-refractivity contribution in [1.29, 1.82) is 0 Å². The second-order valence-corrected chi connectivity index (χ2v) is 10.1. The number of carbonyl (C=O) groups excluding carboxylic acids is 2. The Morgan fingerprint density at radius 2 is 1.79 bits per heavy atom. The van der Waals surface area contributed by atoms with Crippen molar-refractivity contribution in [3.8, 4) is 11.1 Å². The number of halogens is 1. The van der Waals surface area contributed by atoms with Gasteiger partial charge >= 0.3 is 0 Å². The van der Waals surface area contributed by atoms with E-state index in [2.05, 4.69) is 45.4 Å². The minimum absolute atomic E-state index is 0.0189. The molecule has 1 aromatic heterocycles. The Morgan fingerprint density at radius 3 is 2.50 bits per heavy atom. The van der Waals surface area contributed by atoms with E-state index in [1.54, 1.807) is 6.20 Å². The third-order valence-electron chi connectivity index (χ3n) is 6.53. The molecule has 1 saturated heterocycles. The molecule has 0 aliphatic carbocycles. The molecule has 174 valence electrons. The van der Waals surface area contributed by atoms with Crippen LogP contribution in [0.5, 0.6) is 0 Å². The fourth-order valence-corrected chi connectivity index (χ4v) is 5.21. The highest BCUT2D eigenvalue weighted by molar-refractivity contribution is 9.10. The SMILES string of the molecule is Cc1c(C(=O)N2C[C@@H](C)N[C@@H](C)C2)c[nH]c1C=C1C(=O)Nc2cccc(-c3ccc(Br)cc3)c21. The van der Waals surface area contributed by atoms with Gasteiger partial charge in [0, 0.05) is 52.8 Å². The monoisotopic (exact) mass is 518 g/mol.